The van der Waals surface area contributed by atoms with E-state index in [1.165, 1.54) is 12.8 Å². The molecule has 0 bridgehead atoms. The Morgan fingerprint density at radius 1 is 1.13 bits per heavy atom. The molecular weight excluding hydrogens is 294 g/mol. The van der Waals surface area contributed by atoms with Gasteiger partial charge >= 0.3 is 0 Å². The Kier molecular flexibility index (Phi) is 5.08. The van der Waals surface area contributed by atoms with Crippen molar-refractivity contribution in [3.05, 3.63) is 30.0 Å². The van der Waals surface area contributed by atoms with Gasteiger partial charge in [-0.1, -0.05) is 25.8 Å². The van der Waals surface area contributed by atoms with Crippen LogP contribution < -0.4 is 20.1 Å². The fourth-order valence-electron chi connectivity index (χ4n) is 2.29. The lowest BCUT2D eigenvalue weighted by Gasteiger charge is -2.08. The number of hydrogen-bond acceptors (Lipinski definition) is 7. The molecule has 0 radical (unpaired) electrons. The second-order valence-electron chi connectivity index (χ2n) is 5.34. The molecule has 0 aliphatic carbocycles. The number of nitrogens with one attached hydrogen (secondary N) is 2. The van der Waals surface area contributed by atoms with Crippen molar-refractivity contribution in [1.82, 2.24) is 15.2 Å². The van der Waals surface area contributed by atoms with E-state index in [4.69, 9.17) is 9.47 Å². The highest BCUT2D eigenvalue weighted by atomic mass is 16.7. The van der Waals surface area contributed by atoms with Gasteiger partial charge in [0.25, 0.3) is 0 Å². The van der Waals surface area contributed by atoms with Crippen LogP contribution in [0.2, 0.25) is 0 Å². The van der Waals surface area contributed by atoms with Crippen molar-refractivity contribution in [3.8, 4) is 11.5 Å². The number of hydrogen-bond donors (Lipinski definition) is 2. The average Bonchev–Trinajstić information content (AvgIpc) is 3.05. The van der Waals surface area contributed by atoms with E-state index in [1.54, 1.807) is 6.20 Å². The summed E-state index contributed by atoms with van der Waals surface area (Å²) in [5, 5.41) is 14.4. The van der Waals surface area contributed by atoms with E-state index in [1.807, 2.05) is 18.2 Å². The van der Waals surface area contributed by atoms with E-state index in [-0.39, 0.29) is 6.79 Å². The Bertz CT molecular complexity index is 650. The van der Waals surface area contributed by atoms with Crippen molar-refractivity contribution in [2.24, 2.45) is 0 Å². The lowest BCUT2D eigenvalue weighted by Crippen LogP contribution is -2.09. The Labute approximate surface area is 135 Å². The van der Waals surface area contributed by atoms with Crippen LogP contribution >= 0.6 is 0 Å². The summed E-state index contributed by atoms with van der Waals surface area (Å²) >= 11 is 0. The average molecular weight is 315 g/mol. The molecule has 122 valence electrons. The van der Waals surface area contributed by atoms with Gasteiger partial charge in [-0.2, -0.15) is 10.1 Å². The fraction of sp³-hybridized carbons (Fsp3) is 0.438. The van der Waals surface area contributed by atoms with Crippen LogP contribution in [0.4, 0.5) is 11.8 Å². The molecule has 7 nitrogen and oxygen atoms in total. The minimum Gasteiger partial charge on any atom is -0.454 e. The number of rotatable bonds is 8. The first-order valence-electron chi connectivity index (χ1n) is 7.91. The molecule has 1 aliphatic heterocycles. The molecule has 1 aromatic carbocycles. The van der Waals surface area contributed by atoms with E-state index in [0.29, 0.717) is 12.5 Å². The number of benzene rings is 1. The minimum atomic E-state index is 0.283. The molecule has 0 fully saturated rings. The second-order valence-corrected chi connectivity index (χ2v) is 5.34. The molecule has 0 saturated heterocycles. The molecule has 0 spiro atoms. The molecular formula is C16H21N5O2. The summed E-state index contributed by atoms with van der Waals surface area (Å²) in [6.45, 7) is 3.96. The summed E-state index contributed by atoms with van der Waals surface area (Å²) in [4.78, 5) is 4.41. The summed E-state index contributed by atoms with van der Waals surface area (Å²) in [7, 11) is 0. The summed E-state index contributed by atoms with van der Waals surface area (Å²) < 4.78 is 10.7. The van der Waals surface area contributed by atoms with Crippen LogP contribution in [0.15, 0.2) is 24.4 Å². The van der Waals surface area contributed by atoms with Gasteiger partial charge in [0.1, 0.15) is 5.82 Å². The van der Waals surface area contributed by atoms with Crippen LogP contribution in [0.3, 0.4) is 0 Å². The third-order valence-corrected chi connectivity index (χ3v) is 3.53. The van der Waals surface area contributed by atoms with Crippen molar-refractivity contribution in [2.75, 3.05) is 24.0 Å². The third-order valence-electron chi connectivity index (χ3n) is 3.53. The largest absolute Gasteiger partial charge is 0.454 e. The van der Waals surface area contributed by atoms with Crippen LogP contribution in [-0.2, 0) is 6.54 Å². The maximum Gasteiger partial charge on any atom is 0.244 e. The van der Waals surface area contributed by atoms with Crippen LogP contribution in [0.5, 0.6) is 11.5 Å². The molecule has 2 aromatic rings. The summed E-state index contributed by atoms with van der Waals surface area (Å²) in [5.74, 6) is 2.80. The van der Waals surface area contributed by atoms with Gasteiger partial charge in [0, 0.05) is 13.1 Å². The normalized spacial score (nSPS) is 12.2. The smallest absolute Gasteiger partial charge is 0.244 e. The molecule has 23 heavy (non-hydrogen) atoms. The van der Waals surface area contributed by atoms with Crippen LogP contribution in [0.25, 0.3) is 0 Å². The molecule has 2 N–H and O–H groups in total. The van der Waals surface area contributed by atoms with Gasteiger partial charge in [-0.3, -0.25) is 0 Å². The standard InChI is InChI=1S/C16H21N5O2/c1-2-3-4-7-17-15-10-19-21-16(20-15)18-9-12-5-6-13-14(8-12)23-11-22-13/h5-6,8,10H,2-4,7,9,11H2,1H3,(H2,17,18,20,21). The van der Waals surface area contributed by atoms with Crippen molar-refractivity contribution in [3.63, 3.8) is 0 Å². The van der Waals surface area contributed by atoms with Gasteiger partial charge in [-0.15, -0.1) is 5.10 Å². The molecule has 0 atom stereocenters. The predicted molar refractivity (Wildman–Crippen MR) is 87.7 cm³/mol. The molecule has 7 heteroatoms. The first-order valence-corrected chi connectivity index (χ1v) is 7.91. The molecule has 3 rings (SSSR count). The molecule has 1 aliphatic rings. The highest BCUT2D eigenvalue weighted by molar-refractivity contribution is 5.45. The molecule has 0 amide bonds. The SMILES string of the molecule is CCCCCNc1cnnc(NCc2ccc3c(c2)OCO3)n1. The lowest BCUT2D eigenvalue weighted by molar-refractivity contribution is 0.174. The minimum absolute atomic E-state index is 0.283. The molecule has 0 unspecified atom stereocenters. The van der Waals surface area contributed by atoms with E-state index in [2.05, 4.69) is 32.7 Å². The summed E-state index contributed by atoms with van der Waals surface area (Å²) in [6, 6.07) is 5.85. The van der Waals surface area contributed by atoms with E-state index in [9.17, 15) is 0 Å². The Hall–Kier alpha value is -2.57. The number of unbranched alkanes of at least 4 members (excludes halogenated alkanes) is 2. The summed E-state index contributed by atoms with van der Waals surface area (Å²) in [5.41, 5.74) is 1.07. The Balaban J connectivity index is 1.53. The maximum absolute atomic E-state index is 5.37. The zero-order valence-electron chi connectivity index (χ0n) is 13.2. The van der Waals surface area contributed by atoms with E-state index in [0.717, 1.165) is 35.8 Å². The van der Waals surface area contributed by atoms with Crippen molar-refractivity contribution < 1.29 is 9.47 Å². The highest BCUT2D eigenvalue weighted by Gasteiger charge is 2.13. The molecule has 1 aromatic heterocycles. The molecule has 2 heterocycles. The monoisotopic (exact) mass is 315 g/mol. The van der Waals surface area contributed by atoms with E-state index >= 15 is 0 Å². The first kappa shape index (κ1) is 15.3. The van der Waals surface area contributed by atoms with Gasteiger partial charge < -0.3 is 20.1 Å². The van der Waals surface area contributed by atoms with Crippen molar-refractivity contribution in [1.29, 1.82) is 0 Å². The number of anilines is 2. The second kappa shape index (κ2) is 7.62. The summed E-state index contributed by atoms with van der Waals surface area (Å²) in [6.07, 6.45) is 5.17. The lowest BCUT2D eigenvalue weighted by atomic mass is 10.2. The van der Waals surface area contributed by atoms with Gasteiger partial charge in [-0.25, -0.2) is 0 Å². The first-order chi connectivity index (χ1) is 11.3. The third kappa shape index (κ3) is 4.21. The molecule has 0 saturated carbocycles. The quantitative estimate of drug-likeness (QED) is 0.725. The predicted octanol–water partition coefficient (Wildman–Crippen LogP) is 2.81. The van der Waals surface area contributed by atoms with Crippen LogP contribution in [0.1, 0.15) is 31.7 Å². The zero-order chi connectivity index (χ0) is 15.9. The van der Waals surface area contributed by atoms with E-state index < -0.39 is 0 Å². The topological polar surface area (TPSA) is 81.2 Å². The number of aromatic nitrogens is 3. The van der Waals surface area contributed by atoms with Gasteiger partial charge in [0.15, 0.2) is 11.5 Å². The van der Waals surface area contributed by atoms with Crippen molar-refractivity contribution >= 4 is 11.8 Å². The maximum atomic E-state index is 5.37. The number of fused-ring (bicyclic) bond motifs is 1. The Morgan fingerprint density at radius 3 is 2.96 bits per heavy atom. The zero-order valence-corrected chi connectivity index (χ0v) is 13.2. The van der Waals surface area contributed by atoms with Crippen molar-refractivity contribution in [2.45, 2.75) is 32.7 Å². The van der Waals surface area contributed by atoms with Gasteiger partial charge in [-0.05, 0) is 24.1 Å². The number of nitrogens with zero attached hydrogens (tertiary/aromatic N) is 3. The number of ether oxygens (including phenoxy) is 2. The highest BCUT2D eigenvalue weighted by Crippen LogP contribution is 2.32. The Morgan fingerprint density at radius 2 is 2.04 bits per heavy atom. The van der Waals surface area contributed by atoms with Crippen LogP contribution in [-0.4, -0.2) is 28.5 Å². The fourth-order valence-corrected chi connectivity index (χ4v) is 2.29. The van der Waals surface area contributed by atoms with Gasteiger partial charge in [0.2, 0.25) is 12.7 Å². The van der Waals surface area contributed by atoms with Gasteiger partial charge in [0.05, 0.1) is 6.20 Å². The van der Waals surface area contributed by atoms with Crippen LogP contribution in [0, 0.1) is 0 Å².